The van der Waals surface area contributed by atoms with Crippen LogP contribution in [-0.4, -0.2) is 54.1 Å². The SMILES string of the molecule is CCCCC1=N[C@](CC)(CCO)C(=O)N1Cc1ccc(-c2ccccc2S(=O)(=O)Nc2noc(C)c2C)c(COCC)c1. The van der Waals surface area contributed by atoms with Crippen LogP contribution in [0.25, 0.3) is 11.1 Å². The maximum atomic E-state index is 13.7. The predicted octanol–water partition coefficient (Wildman–Crippen LogP) is 5.76. The van der Waals surface area contributed by atoms with Crippen molar-refractivity contribution in [1.82, 2.24) is 10.1 Å². The Labute approximate surface area is 254 Å². The summed E-state index contributed by atoms with van der Waals surface area (Å²) in [5, 5.41) is 13.6. The van der Waals surface area contributed by atoms with Gasteiger partial charge in [0.2, 0.25) is 0 Å². The van der Waals surface area contributed by atoms with Crippen molar-refractivity contribution >= 4 is 27.6 Å². The minimum atomic E-state index is -4.01. The lowest BCUT2D eigenvalue weighted by molar-refractivity contribution is -0.132. The van der Waals surface area contributed by atoms with Gasteiger partial charge in [0.15, 0.2) is 5.82 Å². The Morgan fingerprint density at radius 2 is 1.86 bits per heavy atom. The van der Waals surface area contributed by atoms with E-state index in [4.69, 9.17) is 14.3 Å². The van der Waals surface area contributed by atoms with Crippen LogP contribution in [0.2, 0.25) is 0 Å². The summed E-state index contributed by atoms with van der Waals surface area (Å²) in [7, 11) is -4.01. The Balaban J connectivity index is 1.72. The van der Waals surface area contributed by atoms with Crippen LogP contribution in [-0.2, 0) is 32.7 Å². The predicted molar refractivity (Wildman–Crippen MR) is 166 cm³/mol. The van der Waals surface area contributed by atoms with Gasteiger partial charge in [0, 0.05) is 37.2 Å². The van der Waals surface area contributed by atoms with Crippen molar-refractivity contribution < 1.29 is 27.6 Å². The number of benzene rings is 2. The third-order valence-corrected chi connectivity index (χ3v) is 9.39. The Morgan fingerprint density at radius 1 is 1.09 bits per heavy atom. The number of hydrogen-bond acceptors (Lipinski definition) is 8. The fraction of sp³-hybridized carbons (Fsp3) is 0.469. The van der Waals surface area contributed by atoms with Crippen LogP contribution in [0.3, 0.4) is 0 Å². The van der Waals surface area contributed by atoms with Crippen LogP contribution in [0.4, 0.5) is 5.82 Å². The second-order valence-electron chi connectivity index (χ2n) is 10.8. The van der Waals surface area contributed by atoms with Gasteiger partial charge < -0.3 is 14.4 Å². The van der Waals surface area contributed by atoms with Crippen molar-refractivity contribution in [1.29, 1.82) is 0 Å². The molecule has 11 heteroatoms. The van der Waals surface area contributed by atoms with Crippen LogP contribution in [0.5, 0.6) is 0 Å². The second kappa shape index (κ2) is 13.8. The van der Waals surface area contributed by atoms with E-state index < -0.39 is 15.6 Å². The van der Waals surface area contributed by atoms with Crippen LogP contribution < -0.4 is 4.72 Å². The molecule has 2 aromatic carbocycles. The number of rotatable bonds is 15. The molecule has 10 nitrogen and oxygen atoms in total. The quantitative estimate of drug-likeness (QED) is 0.224. The van der Waals surface area contributed by atoms with Crippen molar-refractivity contribution in [3.8, 4) is 11.1 Å². The number of ether oxygens (including phenoxy) is 1. The third kappa shape index (κ3) is 6.84. The maximum absolute atomic E-state index is 13.7. The number of nitrogens with zero attached hydrogens (tertiary/aromatic N) is 3. The van der Waals surface area contributed by atoms with E-state index in [0.29, 0.717) is 48.4 Å². The number of carbonyl (C=O) groups is 1. The average molecular weight is 611 g/mol. The zero-order chi connectivity index (χ0) is 31.2. The summed E-state index contributed by atoms with van der Waals surface area (Å²) in [6.07, 6.45) is 3.36. The molecule has 1 aliphatic rings. The molecule has 2 heterocycles. The number of aromatic nitrogens is 1. The van der Waals surface area contributed by atoms with E-state index in [0.717, 1.165) is 29.8 Å². The number of aryl methyl sites for hydroxylation is 1. The highest BCUT2D eigenvalue weighted by atomic mass is 32.2. The topological polar surface area (TPSA) is 134 Å². The first kappa shape index (κ1) is 32.4. The van der Waals surface area contributed by atoms with E-state index >= 15 is 0 Å². The number of aliphatic imine (C=N–C) groups is 1. The Bertz CT molecular complexity index is 1580. The largest absolute Gasteiger partial charge is 0.396 e. The van der Waals surface area contributed by atoms with E-state index in [1.807, 2.05) is 32.0 Å². The van der Waals surface area contributed by atoms with E-state index in [-0.39, 0.29) is 36.3 Å². The number of sulfonamides is 1. The fourth-order valence-electron chi connectivity index (χ4n) is 5.31. The summed E-state index contributed by atoms with van der Waals surface area (Å²) < 4.78 is 40.7. The van der Waals surface area contributed by atoms with Crippen molar-refractivity contribution in [2.75, 3.05) is 17.9 Å². The molecule has 1 atom stereocenters. The highest BCUT2D eigenvalue weighted by molar-refractivity contribution is 7.92. The number of nitrogens with one attached hydrogen (secondary N) is 1. The summed E-state index contributed by atoms with van der Waals surface area (Å²) in [6, 6.07) is 12.6. The van der Waals surface area contributed by atoms with Gasteiger partial charge in [0.1, 0.15) is 17.1 Å². The Hall–Kier alpha value is -3.54. The molecule has 232 valence electrons. The fourth-order valence-corrected chi connectivity index (χ4v) is 6.59. The number of aliphatic hydroxyl groups is 1. The molecular formula is C32H42N4O6S. The monoisotopic (exact) mass is 610 g/mol. The van der Waals surface area contributed by atoms with Gasteiger partial charge in [0.05, 0.1) is 18.0 Å². The minimum absolute atomic E-state index is 0.0912. The first-order valence-electron chi connectivity index (χ1n) is 14.9. The van der Waals surface area contributed by atoms with Gasteiger partial charge in [-0.3, -0.25) is 19.4 Å². The van der Waals surface area contributed by atoms with E-state index in [9.17, 15) is 18.3 Å². The molecule has 0 aliphatic carbocycles. The molecular weight excluding hydrogens is 568 g/mol. The number of unbranched alkanes of at least 4 members (excludes halogenated alkanes) is 1. The third-order valence-electron chi connectivity index (χ3n) is 7.99. The highest BCUT2D eigenvalue weighted by Crippen LogP contribution is 2.35. The smallest absolute Gasteiger partial charge is 0.263 e. The summed E-state index contributed by atoms with van der Waals surface area (Å²) in [5.74, 6) is 1.34. The summed E-state index contributed by atoms with van der Waals surface area (Å²) >= 11 is 0. The van der Waals surface area contributed by atoms with Gasteiger partial charge in [0.25, 0.3) is 15.9 Å². The first-order chi connectivity index (χ1) is 20.6. The lowest BCUT2D eigenvalue weighted by Crippen LogP contribution is -2.42. The van der Waals surface area contributed by atoms with E-state index in [1.54, 1.807) is 43.0 Å². The number of carbonyl (C=O) groups excluding carboxylic acids is 1. The number of amides is 1. The molecule has 1 aliphatic heterocycles. The Kier molecular flexibility index (Phi) is 10.4. The molecule has 4 rings (SSSR count). The molecule has 2 N–H and O–H groups in total. The lowest BCUT2D eigenvalue weighted by atomic mass is 9.92. The molecule has 0 saturated carbocycles. The van der Waals surface area contributed by atoms with Crippen molar-refractivity contribution in [2.45, 2.75) is 90.3 Å². The standard InChI is InChI=1S/C32H42N4O6S/c1-6-9-14-29-33-32(7-2,17-18-37)31(38)36(29)20-24-15-16-26(25(19-24)21-41-8-3)27-12-10-11-13-28(27)43(39,40)35-30-22(4)23(5)42-34-30/h10-13,15-16,19,37H,6-9,14,17-18,20-21H2,1-5H3,(H,34,35)/t32-/m1/s1. The Morgan fingerprint density at radius 3 is 2.51 bits per heavy atom. The second-order valence-corrected chi connectivity index (χ2v) is 12.5. The molecule has 0 saturated heterocycles. The van der Waals surface area contributed by atoms with Gasteiger partial charge >= 0.3 is 0 Å². The van der Waals surface area contributed by atoms with Gasteiger partial charge in [-0.05, 0) is 56.4 Å². The summed E-state index contributed by atoms with van der Waals surface area (Å²) in [4.78, 5) is 20.4. The highest BCUT2D eigenvalue weighted by Gasteiger charge is 2.46. The van der Waals surface area contributed by atoms with Crippen molar-refractivity contribution in [3.05, 3.63) is 64.9 Å². The van der Waals surface area contributed by atoms with Crippen LogP contribution in [0, 0.1) is 13.8 Å². The van der Waals surface area contributed by atoms with Crippen molar-refractivity contribution in [2.24, 2.45) is 4.99 Å². The summed E-state index contributed by atoms with van der Waals surface area (Å²) in [6.45, 7) is 10.3. The van der Waals surface area contributed by atoms with Gasteiger partial charge in [-0.2, -0.15) is 0 Å². The zero-order valence-corrected chi connectivity index (χ0v) is 26.5. The number of hydrogen-bond donors (Lipinski definition) is 2. The van der Waals surface area contributed by atoms with E-state index in [2.05, 4.69) is 16.8 Å². The minimum Gasteiger partial charge on any atom is -0.396 e. The zero-order valence-electron chi connectivity index (χ0n) is 25.6. The van der Waals surface area contributed by atoms with Gasteiger partial charge in [-0.15, -0.1) is 0 Å². The van der Waals surface area contributed by atoms with E-state index in [1.165, 1.54) is 0 Å². The molecule has 0 spiro atoms. The normalized spacial score (nSPS) is 17.0. The van der Waals surface area contributed by atoms with Crippen LogP contribution >= 0.6 is 0 Å². The van der Waals surface area contributed by atoms with Crippen molar-refractivity contribution in [3.63, 3.8) is 0 Å². The first-order valence-corrected chi connectivity index (χ1v) is 16.3. The molecule has 0 unspecified atom stereocenters. The molecule has 1 amide bonds. The molecule has 43 heavy (non-hydrogen) atoms. The molecule has 0 fully saturated rings. The number of amidine groups is 1. The number of anilines is 1. The van der Waals surface area contributed by atoms with Gasteiger partial charge in [-0.1, -0.05) is 61.8 Å². The maximum Gasteiger partial charge on any atom is 0.263 e. The summed E-state index contributed by atoms with van der Waals surface area (Å²) in [5.41, 5.74) is 2.58. The molecule has 0 radical (unpaired) electrons. The number of aliphatic hydroxyl groups excluding tert-OH is 1. The van der Waals surface area contributed by atoms with Crippen LogP contribution in [0.1, 0.15) is 75.3 Å². The molecule has 0 bridgehead atoms. The lowest BCUT2D eigenvalue weighted by Gasteiger charge is -2.25. The molecule has 3 aromatic rings. The average Bonchev–Trinajstić information content (AvgIpc) is 3.45. The molecule has 1 aromatic heterocycles. The van der Waals surface area contributed by atoms with Gasteiger partial charge in [-0.25, -0.2) is 8.42 Å². The van der Waals surface area contributed by atoms with Crippen LogP contribution in [0.15, 0.2) is 56.9 Å².